The average Bonchev–Trinajstić information content (AvgIpc) is 2.90. The molecule has 0 aliphatic rings. The minimum Gasteiger partial charge on any atom is -0.496 e. The van der Waals surface area contributed by atoms with E-state index in [0.717, 1.165) is 40.7 Å². The number of benzene rings is 1. The van der Waals surface area contributed by atoms with Crippen LogP contribution in [0.2, 0.25) is 0 Å². The number of methoxy groups -OCH3 is 1. The molecule has 0 saturated carbocycles. The van der Waals surface area contributed by atoms with Gasteiger partial charge in [0, 0.05) is 23.1 Å². The van der Waals surface area contributed by atoms with Crippen LogP contribution >= 0.6 is 0 Å². The van der Waals surface area contributed by atoms with Gasteiger partial charge in [-0.2, -0.15) is 0 Å². The summed E-state index contributed by atoms with van der Waals surface area (Å²) in [6.45, 7) is 7.66. The maximum atomic E-state index is 12.3. The number of hydrogen-bond donors (Lipinski definition) is 2. The molecule has 1 heterocycles. The van der Waals surface area contributed by atoms with Gasteiger partial charge in [0.2, 0.25) is 5.91 Å². The Balaban J connectivity index is 2.31. The van der Waals surface area contributed by atoms with Gasteiger partial charge in [-0.05, 0) is 44.4 Å². The molecule has 1 amide bonds. The predicted octanol–water partition coefficient (Wildman–Crippen LogP) is 4.22. The molecule has 2 N–H and O–H groups in total. The van der Waals surface area contributed by atoms with Crippen molar-refractivity contribution in [2.24, 2.45) is 0 Å². The van der Waals surface area contributed by atoms with Crippen molar-refractivity contribution < 1.29 is 23.8 Å². The summed E-state index contributed by atoms with van der Waals surface area (Å²) in [6.07, 6.45) is 3.43. The number of ether oxygens (including phenoxy) is 1. The Morgan fingerprint density at radius 2 is 2.04 bits per heavy atom. The minimum atomic E-state index is -1.02. The highest BCUT2D eigenvalue weighted by Gasteiger charge is 2.19. The van der Waals surface area contributed by atoms with Gasteiger partial charge < -0.3 is 19.6 Å². The lowest BCUT2D eigenvalue weighted by atomic mass is 10.0. The number of aryl methyl sites for hydroxylation is 2. The number of rotatable bonds is 8. The SMILES string of the molecule is CCCCC(NC(=O)/C=C(\C)c1cc2c(C)c(C)oc2cc1OC)C(=O)O. The minimum absolute atomic E-state index is 0.410. The number of carbonyl (C=O) groups is 2. The van der Waals surface area contributed by atoms with Crippen molar-refractivity contribution in [3.05, 3.63) is 35.1 Å². The van der Waals surface area contributed by atoms with Crippen molar-refractivity contribution in [1.82, 2.24) is 5.32 Å². The van der Waals surface area contributed by atoms with Crippen LogP contribution < -0.4 is 10.1 Å². The van der Waals surface area contributed by atoms with E-state index in [9.17, 15) is 14.7 Å². The van der Waals surface area contributed by atoms with Crippen molar-refractivity contribution in [2.75, 3.05) is 7.11 Å². The molecule has 0 aliphatic heterocycles. The van der Waals surface area contributed by atoms with Gasteiger partial charge in [-0.25, -0.2) is 4.79 Å². The summed E-state index contributed by atoms with van der Waals surface area (Å²) < 4.78 is 11.2. The van der Waals surface area contributed by atoms with E-state index in [1.54, 1.807) is 20.1 Å². The first-order chi connectivity index (χ1) is 12.8. The van der Waals surface area contributed by atoms with Crippen molar-refractivity contribution in [3.63, 3.8) is 0 Å². The van der Waals surface area contributed by atoms with Crippen LogP contribution in [0.4, 0.5) is 0 Å². The normalized spacial score (nSPS) is 12.9. The molecule has 2 rings (SSSR count). The highest BCUT2D eigenvalue weighted by atomic mass is 16.5. The summed E-state index contributed by atoms with van der Waals surface area (Å²) in [5.41, 5.74) is 3.22. The molecule has 2 aromatic rings. The second-order valence-corrected chi connectivity index (χ2v) is 6.70. The Morgan fingerprint density at radius 3 is 2.63 bits per heavy atom. The number of amides is 1. The molecule has 27 heavy (non-hydrogen) atoms. The molecule has 0 radical (unpaired) electrons. The summed E-state index contributed by atoms with van der Waals surface area (Å²) in [7, 11) is 1.56. The third-order valence-corrected chi connectivity index (χ3v) is 4.73. The zero-order valence-electron chi connectivity index (χ0n) is 16.5. The molecule has 6 heteroatoms. The number of carbonyl (C=O) groups excluding carboxylic acids is 1. The molecule has 6 nitrogen and oxygen atoms in total. The fourth-order valence-electron chi connectivity index (χ4n) is 3.00. The number of aliphatic carboxylic acids is 1. The Morgan fingerprint density at radius 1 is 1.33 bits per heavy atom. The maximum absolute atomic E-state index is 12.3. The van der Waals surface area contributed by atoms with Crippen LogP contribution in [-0.2, 0) is 9.59 Å². The zero-order valence-corrected chi connectivity index (χ0v) is 16.5. The van der Waals surface area contributed by atoms with E-state index < -0.39 is 17.9 Å². The summed E-state index contributed by atoms with van der Waals surface area (Å²) in [4.78, 5) is 23.6. The summed E-state index contributed by atoms with van der Waals surface area (Å²) in [6, 6.07) is 2.86. The summed E-state index contributed by atoms with van der Waals surface area (Å²) in [5.74, 6) is -0.0213. The van der Waals surface area contributed by atoms with Gasteiger partial charge in [0.15, 0.2) is 0 Å². The third kappa shape index (κ3) is 4.70. The fraction of sp³-hybridized carbons (Fsp3) is 0.429. The Bertz CT molecular complexity index is 878. The van der Waals surface area contributed by atoms with Crippen molar-refractivity contribution in [2.45, 2.75) is 53.0 Å². The standard InChI is InChI=1S/C21H27NO5/c1-6-7-8-17(21(24)25)22-20(23)9-12(2)15-10-16-13(3)14(4)27-19(16)11-18(15)26-5/h9-11,17H,6-8H2,1-5H3,(H,22,23)(H,24,25)/b12-9+. The third-order valence-electron chi connectivity index (χ3n) is 4.73. The predicted molar refractivity (Wildman–Crippen MR) is 105 cm³/mol. The fourth-order valence-corrected chi connectivity index (χ4v) is 3.00. The molecular formula is C21H27NO5. The van der Waals surface area contributed by atoms with Crippen LogP contribution in [0.25, 0.3) is 16.5 Å². The van der Waals surface area contributed by atoms with Gasteiger partial charge in [0.25, 0.3) is 0 Å². The van der Waals surface area contributed by atoms with E-state index in [0.29, 0.717) is 17.7 Å². The maximum Gasteiger partial charge on any atom is 0.326 e. The first-order valence-corrected chi connectivity index (χ1v) is 9.08. The van der Waals surface area contributed by atoms with Gasteiger partial charge in [0.1, 0.15) is 23.1 Å². The van der Waals surface area contributed by atoms with Gasteiger partial charge in [0.05, 0.1) is 7.11 Å². The van der Waals surface area contributed by atoms with Crippen molar-refractivity contribution >= 4 is 28.4 Å². The van der Waals surface area contributed by atoms with E-state index in [1.165, 1.54) is 6.08 Å². The lowest BCUT2D eigenvalue weighted by Gasteiger charge is -2.13. The molecule has 0 fully saturated rings. The number of hydrogen-bond acceptors (Lipinski definition) is 4. The van der Waals surface area contributed by atoms with Crippen LogP contribution in [0.3, 0.4) is 0 Å². The number of fused-ring (bicyclic) bond motifs is 1. The van der Waals surface area contributed by atoms with Gasteiger partial charge in [-0.3, -0.25) is 4.79 Å². The summed E-state index contributed by atoms with van der Waals surface area (Å²) in [5, 5.41) is 12.8. The van der Waals surface area contributed by atoms with Crippen molar-refractivity contribution in [1.29, 1.82) is 0 Å². The van der Waals surface area contributed by atoms with Gasteiger partial charge in [-0.15, -0.1) is 0 Å². The average molecular weight is 373 g/mol. The molecule has 0 bridgehead atoms. The second-order valence-electron chi connectivity index (χ2n) is 6.70. The first-order valence-electron chi connectivity index (χ1n) is 9.08. The molecule has 1 unspecified atom stereocenters. The molecule has 1 atom stereocenters. The topological polar surface area (TPSA) is 88.8 Å². The van der Waals surface area contributed by atoms with E-state index in [4.69, 9.17) is 9.15 Å². The molecular weight excluding hydrogens is 346 g/mol. The molecule has 146 valence electrons. The van der Waals surface area contributed by atoms with Crippen LogP contribution in [0, 0.1) is 13.8 Å². The molecule has 0 saturated heterocycles. The number of allylic oxidation sites excluding steroid dienone is 1. The largest absolute Gasteiger partial charge is 0.496 e. The van der Waals surface area contributed by atoms with Crippen LogP contribution in [-0.4, -0.2) is 30.1 Å². The van der Waals surface area contributed by atoms with Crippen molar-refractivity contribution in [3.8, 4) is 5.75 Å². The monoisotopic (exact) mass is 373 g/mol. The van der Waals surface area contributed by atoms with Crippen LogP contribution in [0.1, 0.15) is 50.0 Å². The van der Waals surface area contributed by atoms with Crippen LogP contribution in [0.5, 0.6) is 5.75 Å². The van der Waals surface area contributed by atoms with Gasteiger partial charge >= 0.3 is 5.97 Å². The molecule has 1 aromatic carbocycles. The molecule has 0 aliphatic carbocycles. The van der Waals surface area contributed by atoms with E-state index in [-0.39, 0.29) is 0 Å². The van der Waals surface area contributed by atoms with E-state index in [1.807, 2.05) is 26.8 Å². The second kappa shape index (κ2) is 8.75. The van der Waals surface area contributed by atoms with E-state index >= 15 is 0 Å². The summed E-state index contributed by atoms with van der Waals surface area (Å²) >= 11 is 0. The van der Waals surface area contributed by atoms with Crippen LogP contribution in [0.15, 0.2) is 22.6 Å². The molecule has 0 spiro atoms. The first kappa shape index (κ1) is 20.6. The zero-order chi connectivity index (χ0) is 20.1. The number of carboxylic acids is 1. The number of nitrogens with one attached hydrogen (secondary N) is 1. The Labute approximate surface area is 159 Å². The van der Waals surface area contributed by atoms with E-state index in [2.05, 4.69) is 5.32 Å². The Kier molecular flexibility index (Phi) is 6.66. The highest BCUT2D eigenvalue weighted by Crippen LogP contribution is 2.34. The lowest BCUT2D eigenvalue weighted by molar-refractivity contribution is -0.141. The lowest BCUT2D eigenvalue weighted by Crippen LogP contribution is -2.40. The number of carboxylic acid groups (broad SMARTS) is 1. The molecule has 1 aromatic heterocycles. The smallest absolute Gasteiger partial charge is 0.326 e. The highest BCUT2D eigenvalue weighted by molar-refractivity contribution is 5.98. The van der Waals surface area contributed by atoms with Gasteiger partial charge in [-0.1, -0.05) is 19.8 Å². The number of furan rings is 1. The quantitative estimate of drug-likeness (QED) is 0.676. The Hall–Kier alpha value is -2.76. The number of unbranched alkanes of at least 4 members (excludes halogenated alkanes) is 1.